The van der Waals surface area contributed by atoms with Crippen molar-refractivity contribution in [2.45, 2.75) is 51.9 Å². The molecule has 1 saturated heterocycles. The maximum atomic E-state index is 10.6. The van der Waals surface area contributed by atoms with Crippen LogP contribution in [-0.2, 0) is 14.3 Å². The molecule has 4 atom stereocenters. The van der Waals surface area contributed by atoms with Gasteiger partial charge in [-0.15, -0.1) is 0 Å². The number of carboxylic acid groups (broad SMARTS) is 1. The number of ether oxygens (including phenoxy) is 2. The van der Waals surface area contributed by atoms with Crippen LogP contribution < -0.4 is 10.7 Å². The Morgan fingerprint density at radius 1 is 1.39 bits per heavy atom. The van der Waals surface area contributed by atoms with Crippen LogP contribution in [-0.4, -0.2) is 41.4 Å². The van der Waals surface area contributed by atoms with Crippen LogP contribution in [0.5, 0.6) is 0 Å². The van der Waals surface area contributed by atoms with Crippen molar-refractivity contribution >= 4 is 35.2 Å². The Morgan fingerprint density at radius 3 is 2.86 bits per heavy atom. The molecule has 1 unspecified atom stereocenters. The summed E-state index contributed by atoms with van der Waals surface area (Å²) in [4.78, 5) is 10.6. The predicted octanol–water partition coefficient (Wildman–Crippen LogP) is 3.62. The Labute approximate surface area is 171 Å². The topological polar surface area (TPSA) is 92.2 Å². The molecule has 1 aliphatic heterocycles. The molecular weight excluding hydrogens is 378 g/mol. The highest BCUT2D eigenvalue weighted by Crippen LogP contribution is 2.28. The van der Waals surface area contributed by atoms with Crippen molar-refractivity contribution in [1.82, 2.24) is 5.43 Å². The molecule has 1 aliphatic rings. The van der Waals surface area contributed by atoms with Gasteiger partial charge in [-0.25, -0.2) is 0 Å². The fourth-order valence-electron chi connectivity index (χ4n) is 3.14. The number of hydrazone groups is 1. The zero-order valence-corrected chi connectivity index (χ0v) is 17.2. The van der Waals surface area contributed by atoms with Gasteiger partial charge < -0.3 is 19.9 Å². The fourth-order valence-corrected chi connectivity index (χ4v) is 3.31. The SMILES string of the molecule is CC(CCCCC(=O)O)[C@H]1CO[C@@H](C)O[C@H]1/C=N\NC(=S)Nc1ccccc1. The first-order valence-electron chi connectivity index (χ1n) is 9.59. The number of carboxylic acids is 1. The summed E-state index contributed by atoms with van der Waals surface area (Å²) in [5, 5.41) is 16.5. The van der Waals surface area contributed by atoms with Gasteiger partial charge >= 0.3 is 5.97 Å². The van der Waals surface area contributed by atoms with Gasteiger partial charge in [-0.1, -0.05) is 38.0 Å². The standard InChI is InChI=1S/C20H29N3O4S/c1-14(8-6-7-11-19(24)25)17-13-26-15(2)27-18(17)12-21-23-20(28)22-16-9-4-3-5-10-16/h3-5,9-10,12,14-15,17-18H,6-8,11,13H2,1-2H3,(H,24,25)(H2,22,23,28)/b21-12-/t14?,15-,17-,18+/m1/s1. The minimum absolute atomic E-state index is 0.155. The number of hydrogen-bond acceptors (Lipinski definition) is 5. The molecule has 154 valence electrons. The summed E-state index contributed by atoms with van der Waals surface area (Å²) in [6.07, 6.45) is 3.94. The number of carbonyl (C=O) groups is 1. The van der Waals surface area contributed by atoms with Crippen molar-refractivity contribution in [3.05, 3.63) is 30.3 Å². The van der Waals surface area contributed by atoms with Gasteiger partial charge in [0.15, 0.2) is 11.4 Å². The van der Waals surface area contributed by atoms with Crippen molar-refractivity contribution in [3.8, 4) is 0 Å². The van der Waals surface area contributed by atoms with E-state index in [4.69, 9.17) is 26.8 Å². The molecule has 1 aromatic rings. The summed E-state index contributed by atoms with van der Waals surface area (Å²) in [5.74, 6) is -0.267. The van der Waals surface area contributed by atoms with Gasteiger partial charge in [0.05, 0.1) is 12.8 Å². The van der Waals surface area contributed by atoms with E-state index < -0.39 is 5.97 Å². The zero-order chi connectivity index (χ0) is 20.4. The van der Waals surface area contributed by atoms with Crippen molar-refractivity contribution in [2.75, 3.05) is 11.9 Å². The highest BCUT2D eigenvalue weighted by molar-refractivity contribution is 7.80. The lowest BCUT2D eigenvalue weighted by molar-refractivity contribution is -0.215. The minimum Gasteiger partial charge on any atom is -0.481 e. The lowest BCUT2D eigenvalue weighted by Crippen LogP contribution is -2.43. The second-order valence-electron chi connectivity index (χ2n) is 6.99. The number of nitrogens with one attached hydrogen (secondary N) is 2. The molecule has 0 aliphatic carbocycles. The molecule has 3 N–H and O–H groups in total. The van der Waals surface area contributed by atoms with E-state index in [0.29, 0.717) is 24.1 Å². The predicted molar refractivity (Wildman–Crippen MR) is 113 cm³/mol. The quantitative estimate of drug-likeness (QED) is 0.249. The summed E-state index contributed by atoms with van der Waals surface area (Å²) in [6, 6.07) is 9.63. The summed E-state index contributed by atoms with van der Waals surface area (Å²) in [6.45, 7) is 4.60. The first-order valence-corrected chi connectivity index (χ1v) is 10.0. The molecule has 0 radical (unpaired) electrons. The number of hydrogen-bond donors (Lipinski definition) is 3. The van der Waals surface area contributed by atoms with E-state index in [-0.39, 0.29) is 24.7 Å². The molecule has 2 rings (SSSR count). The molecular formula is C20H29N3O4S. The highest BCUT2D eigenvalue weighted by atomic mass is 32.1. The summed E-state index contributed by atoms with van der Waals surface area (Å²) < 4.78 is 11.6. The number of rotatable bonds is 9. The van der Waals surface area contributed by atoms with E-state index in [2.05, 4.69) is 22.8 Å². The first kappa shape index (κ1) is 22.3. The summed E-state index contributed by atoms with van der Waals surface area (Å²) in [5.41, 5.74) is 3.71. The van der Waals surface area contributed by atoms with Crippen molar-refractivity contribution in [1.29, 1.82) is 0 Å². The Hall–Kier alpha value is -2.03. The normalized spacial score (nSPS) is 23.3. The largest absolute Gasteiger partial charge is 0.481 e. The lowest BCUT2D eigenvalue weighted by atomic mass is 9.85. The van der Waals surface area contributed by atoms with Crippen LogP contribution in [0, 0.1) is 11.8 Å². The van der Waals surface area contributed by atoms with Crippen LogP contribution in [0.2, 0.25) is 0 Å². The van der Waals surface area contributed by atoms with Gasteiger partial charge in [0, 0.05) is 18.0 Å². The van der Waals surface area contributed by atoms with Crippen molar-refractivity contribution in [2.24, 2.45) is 16.9 Å². The average molecular weight is 408 g/mol. The number of aliphatic carboxylic acids is 1. The Kier molecular flexibility index (Phi) is 9.33. The maximum Gasteiger partial charge on any atom is 0.303 e. The number of anilines is 1. The van der Waals surface area contributed by atoms with Gasteiger partial charge in [0.25, 0.3) is 0 Å². The minimum atomic E-state index is -0.748. The molecule has 7 nitrogen and oxygen atoms in total. The Balaban J connectivity index is 1.83. The van der Waals surface area contributed by atoms with Crippen molar-refractivity contribution in [3.63, 3.8) is 0 Å². The van der Waals surface area contributed by atoms with Gasteiger partial charge in [-0.05, 0) is 43.6 Å². The third-order valence-corrected chi connectivity index (χ3v) is 4.94. The van der Waals surface area contributed by atoms with Crippen LogP contribution in [0.25, 0.3) is 0 Å². The van der Waals surface area contributed by atoms with Crippen LogP contribution in [0.1, 0.15) is 39.5 Å². The van der Waals surface area contributed by atoms with Gasteiger partial charge in [-0.2, -0.15) is 5.10 Å². The maximum absolute atomic E-state index is 10.6. The Morgan fingerprint density at radius 2 is 2.14 bits per heavy atom. The monoisotopic (exact) mass is 407 g/mol. The number of para-hydroxylation sites is 1. The molecule has 0 amide bonds. The van der Waals surface area contributed by atoms with E-state index in [0.717, 1.165) is 18.5 Å². The highest BCUT2D eigenvalue weighted by Gasteiger charge is 2.32. The fraction of sp³-hybridized carbons (Fsp3) is 0.550. The average Bonchev–Trinajstić information content (AvgIpc) is 2.66. The molecule has 0 aromatic heterocycles. The van der Waals surface area contributed by atoms with E-state index in [1.54, 1.807) is 6.21 Å². The van der Waals surface area contributed by atoms with Crippen LogP contribution in [0.3, 0.4) is 0 Å². The van der Waals surface area contributed by atoms with E-state index in [1.165, 1.54) is 0 Å². The number of unbranched alkanes of at least 4 members (excludes halogenated alkanes) is 1. The second-order valence-corrected chi connectivity index (χ2v) is 7.40. The third kappa shape index (κ3) is 7.92. The third-order valence-electron chi connectivity index (χ3n) is 4.74. The molecule has 1 fully saturated rings. The molecule has 28 heavy (non-hydrogen) atoms. The summed E-state index contributed by atoms with van der Waals surface area (Å²) >= 11 is 5.25. The summed E-state index contributed by atoms with van der Waals surface area (Å²) in [7, 11) is 0. The molecule has 8 heteroatoms. The van der Waals surface area contributed by atoms with Gasteiger partial charge in [0.1, 0.15) is 6.10 Å². The lowest BCUT2D eigenvalue weighted by Gasteiger charge is -2.36. The van der Waals surface area contributed by atoms with E-state index in [9.17, 15) is 4.79 Å². The van der Waals surface area contributed by atoms with Crippen molar-refractivity contribution < 1.29 is 19.4 Å². The van der Waals surface area contributed by atoms with Gasteiger partial charge in [-0.3, -0.25) is 10.2 Å². The molecule has 1 heterocycles. The van der Waals surface area contributed by atoms with Crippen LogP contribution in [0.4, 0.5) is 5.69 Å². The smallest absolute Gasteiger partial charge is 0.303 e. The van der Waals surface area contributed by atoms with E-state index >= 15 is 0 Å². The van der Waals surface area contributed by atoms with Crippen LogP contribution in [0.15, 0.2) is 35.4 Å². The van der Waals surface area contributed by atoms with Gasteiger partial charge in [0.2, 0.25) is 0 Å². The van der Waals surface area contributed by atoms with Crippen LogP contribution >= 0.6 is 12.2 Å². The van der Waals surface area contributed by atoms with E-state index in [1.807, 2.05) is 37.3 Å². The molecule has 0 saturated carbocycles. The molecule has 0 spiro atoms. The number of benzene rings is 1. The zero-order valence-electron chi connectivity index (χ0n) is 16.3. The number of thiocarbonyl (C=S) groups is 1. The Bertz CT molecular complexity index is 656. The second kappa shape index (κ2) is 11.7. The first-order chi connectivity index (χ1) is 13.5. The number of nitrogens with zero attached hydrogens (tertiary/aromatic N) is 1. The molecule has 0 bridgehead atoms. The molecule has 1 aromatic carbocycles.